The van der Waals surface area contributed by atoms with Crippen molar-refractivity contribution in [3.05, 3.63) is 70.4 Å². The van der Waals surface area contributed by atoms with Crippen molar-refractivity contribution in [1.29, 1.82) is 0 Å². The minimum absolute atomic E-state index is 0.0444. The highest BCUT2D eigenvalue weighted by Crippen LogP contribution is 2.39. The second-order valence-corrected chi connectivity index (χ2v) is 7.93. The first-order valence-corrected chi connectivity index (χ1v) is 10.1. The van der Waals surface area contributed by atoms with Gasteiger partial charge in [0.1, 0.15) is 5.75 Å². The summed E-state index contributed by atoms with van der Waals surface area (Å²) in [4.78, 5) is 38.2. The molecular weight excluding hydrogens is 404 g/mol. The summed E-state index contributed by atoms with van der Waals surface area (Å²) in [7, 11) is 1.60. The number of halogens is 1. The van der Waals surface area contributed by atoms with Crippen LogP contribution in [0.25, 0.3) is 0 Å². The average Bonchev–Trinajstić information content (AvgIpc) is 2.74. The molecule has 2 amide bonds. The first kappa shape index (κ1) is 20.2. The van der Waals surface area contributed by atoms with E-state index in [0.717, 1.165) is 11.3 Å². The van der Waals surface area contributed by atoms with Gasteiger partial charge in [-0.2, -0.15) is 0 Å². The largest absolute Gasteiger partial charge is 0.497 e. The first-order chi connectivity index (χ1) is 14.4. The molecule has 0 fully saturated rings. The molecule has 2 aliphatic rings. The molecule has 1 aliphatic heterocycles. The van der Waals surface area contributed by atoms with Gasteiger partial charge in [0.25, 0.3) is 0 Å². The van der Waals surface area contributed by atoms with Crippen molar-refractivity contribution in [3.63, 3.8) is 0 Å². The Bertz CT molecular complexity index is 1030. The van der Waals surface area contributed by atoms with Crippen LogP contribution in [0, 0.1) is 5.92 Å². The molecule has 0 aromatic heterocycles. The number of amides is 2. The van der Waals surface area contributed by atoms with E-state index >= 15 is 0 Å². The molecule has 2 N–H and O–H groups in total. The fraction of sp³-hybridized carbons (Fsp3) is 0.261. The van der Waals surface area contributed by atoms with E-state index < -0.39 is 5.92 Å². The maximum atomic E-state index is 13.0. The van der Waals surface area contributed by atoms with Crippen molar-refractivity contribution in [2.24, 2.45) is 5.92 Å². The van der Waals surface area contributed by atoms with Gasteiger partial charge < -0.3 is 15.4 Å². The van der Waals surface area contributed by atoms with Gasteiger partial charge in [0.05, 0.1) is 13.0 Å². The van der Waals surface area contributed by atoms with Crippen LogP contribution < -0.4 is 15.4 Å². The first-order valence-electron chi connectivity index (χ1n) is 9.71. The number of carbonyl (C=O) groups excluding carboxylic acids is 3. The van der Waals surface area contributed by atoms with Crippen LogP contribution in [0.15, 0.2) is 59.8 Å². The zero-order valence-electron chi connectivity index (χ0n) is 16.4. The Morgan fingerprint density at radius 2 is 1.73 bits per heavy atom. The minimum Gasteiger partial charge on any atom is -0.497 e. The number of rotatable bonds is 4. The van der Waals surface area contributed by atoms with Gasteiger partial charge in [-0.1, -0.05) is 23.7 Å². The quantitative estimate of drug-likeness (QED) is 0.781. The van der Waals surface area contributed by atoms with E-state index in [1.54, 1.807) is 31.4 Å². The molecule has 6 nitrogen and oxygen atoms in total. The number of benzene rings is 2. The molecule has 0 bridgehead atoms. The standard InChI is InChI=1S/C23H21ClN2O4/c1-30-17-8-2-13(3-9-17)14-10-19-22(20(27)11-14)18(12-21(28)26-19)23(29)25-16-6-4-15(24)5-7-16/h2-9,14,18H,10-12H2,1H3,(H,25,29)(H,26,28). The summed E-state index contributed by atoms with van der Waals surface area (Å²) >= 11 is 5.88. The molecule has 0 saturated heterocycles. The third kappa shape index (κ3) is 4.09. The number of carbonyl (C=O) groups is 3. The number of nitrogens with one attached hydrogen (secondary N) is 2. The fourth-order valence-electron chi connectivity index (χ4n) is 4.06. The molecule has 1 aliphatic carbocycles. The number of ketones is 1. The maximum absolute atomic E-state index is 13.0. The van der Waals surface area contributed by atoms with E-state index in [1.165, 1.54) is 0 Å². The van der Waals surface area contributed by atoms with Crippen molar-refractivity contribution in [3.8, 4) is 5.75 Å². The van der Waals surface area contributed by atoms with Crippen LogP contribution in [-0.2, 0) is 14.4 Å². The van der Waals surface area contributed by atoms with E-state index in [1.807, 2.05) is 24.3 Å². The molecular formula is C23H21ClN2O4. The smallest absolute Gasteiger partial charge is 0.232 e. The lowest BCUT2D eigenvalue weighted by atomic mass is 9.75. The summed E-state index contributed by atoms with van der Waals surface area (Å²) in [5, 5.41) is 6.17. The normalized spacial score (nSPS) is 21.0. The number of methoxy groups -OCH3 is 1. The van der Waals surface area contributed by atoms with Crippen molar-refractivity contribution < 1.29 is 19.1 Å². The SMILES string of the molecule is COc1ccc(C2CC(=O)C3=C(C2)NC(=O)CC3C(=O)Nc2ccc(Cl)cc2)cc1. The Hall–Kier alpha value is -3.12. The summed E-state index contributed by atoms with van der Waals surface area (Å²) in [5.74, 6) is -0.836. The predicted octanol–water partition coefficient (Wildman–Crippen LogP) is 3.82. The summed E-state index contributed by atoms with van der Waals surface area (Å²) in [5.41, 5.74) is 2.54. The highest BCUT2D eigenvalue weighted by Gasteiger charge is 2.40. The van der Waals surface area contributed by atoms with Gasteiger partial charge in [0, 0.05) is 34.8 Å². The van der Waals surface area contributed by atoms with Crippen LogP contribution in [0.5, 0.6) is 5.75 Å². The third-order valence-corrected chi connectivity index (χ3v) is 5.80. The molecule has 7 heteroatoms. The molecule has 2 atom stereocenters. The number of anilines is 1. The predicted molar refractivity (Wildman–Crippen MR) is 113 cm³/mol. The fourth-order valence-corrected chi connectivity index (χ4v) is 4.18. The van der Waals surface area contributed by atoms with Gasteiger partial charge in [0.15, 0.2) is 5.78 Å². The maximum Gasteiger partial charge on any atom is 0.232 e. The van der Waals surface area contributed by atoms with Crippen LogP contribution in [-0.4, -0.2) is 24.7 Å². The van der Waals surface area contributed by atoms with E-state index in [0.29, 0.717) is 34.8 Å². The van der Waals surface area contributed by atoms with Gasteiger partial charge in [-0.05, 0) is 54.3 Å². The van der Waals surface area contributed by atoms with E-state index in [4.69, 9.17) is 16.3 Å². The third-order valence-electron chi connectivity index (χ3n) is 5.55. The lowest BCUT2D eigenvalue weighted by Crippen LogP contribution is -2.43. The molecule has 0 radical (unpaired) electrons. The molecule has 154 valence electrons. The second kappa shape index (κ2) is 8.32. The molecule has 2 aromatic rings. The van der Waals surface area contributed by atoms with Crippen LogP contribution >= 0.6 is 11.6 Å². The second-order valence-electron chi connectivity index (χ2n) is 7.49. The zero-order valence-corrected chi connectivity index (χ0v) is 17.2. The van der Waals surface area contributed by atoms with Gasteiger partial charge in [-0.15, -0.1) is 0 Å². The van der Waals surface area contributed by atoms with Gasteiger partial charge in [-0.3, -0.25) is 14.4 Å². The molecule has 2 aromatic carbocycles. The number of ether oxygens (including phenoxy) is 1. The van der Waals surface area contributed by atoms with Gasteiger partial charge in [0.2, 0.25) is 11.8 Å². The monoisotopic (exact) mass is 424 g/mol. The lowest BCUT2D eigenvalue weighted by Gasteiger charge is -2.33. The van der Waals surface area contributed by atoms with E-state index in [-0.39, 0.29) is 29.9 Å². The lowest BCUT2D eigenvalue weighted by molar-refractivity contribution is -0.129. The van der Waals surface area contributed by atoms with Gasteiger partial charge >= 0.3 is 0 Å². The summed E-state index contributed by atoms with van der Waals surface area (Å²) < 4.78 is 5.19. The number of hydrogen-bond donors (Lipinski definition) is 2. The topological polar surface area (TPSA) is 84.5 Å². The van der Waals surface area contributed by atoms with E-state index in [9.17, 15) is 14.4 Å². The zero-order chi connectivity index (χ0) is 21.3. The highest BCUT2D eigenvalue weighted by molar-refractivity contribution is 6.30. The number of Topliss-reactive ketones (excluding diaryl/α,β-unsaturated/α-hetero) is 1. The van der Waals surface area contributed by atoms with E-state index in [2.05, 4.69) is 10.6 Å². The molecule has 0 spiro atoms. The minimum atomic E-state index is -0.797. The highest BCUT2D eigenvalue weighted by atomic mass is 35.5. The van der Waals surface area contributed by atoms with Crippen molar-refractivity contribution in [2.75, 3.05) is 12.4 Å². The van der Waals surface area contributed by atoms with Crippen LogP contribution in [0.1, 0.15) is 30.7 Å². The Labute approximate surface area is 179 Å². The van der Waals surface area contributed by atoms with Crippen LogP contribution in [0.2, 0.25) is 5.02 Å². The molecule has 0 saturated carbocycles. The Morgan fingerprint density at radius 3 is 2.40 bits per heavy atom. The molecule has 4 rings (SSSR count). The van der Waals surface area contributed by atoms with Crippen molar-refractivity contribution >= 4 is 34.9 Å². The van der Waals surface area contributed by atoms with Crippen molar-refractivity contribution in [2.45, 2.75) is 25.2 Å². The Morgan fingerprint density at radius 1 is 1.03 bits per heavy atom. The van der Waals surface area contributed by atoms with Crippen molar-refractivity contribution in [1.82, 2.24) is 5.32 Å². The summed E-state index contributed by atoms with van der Waals surface area (Å²) in [6.45, 7) is 0. The molecule has 1 heterocycles. The van der Waals surface area contributed by atoms with Crippen LogP contribution in [0.3, 0.4) is 0 Å². The number of allylic oxidation sites excluding steroid dienone is 1. The Kier molecular flexibility index (Phi) is 5.59. The average molecular weight is 425 g/mol. The van der Waals surface area contributed by atoms with Crippen LogP contribution in [0.4, 0.5) is 5.69 Å². The molecule has 2 unspecified atom stereocenters. The Balaban J connectivity index is 1.58. The summed E-state index contributed by atoms with van der Waals surface area (Å²) in [6, 6.07) is 14.3. The molecule has 30 heavy (non-hydrogen) atoms. The van der Waals surface area contributed by atoms with Gasteiger partial charge in [-0.25, -0.2) is 0 Å². The summed E-state index contributed by atoms with van der Waals surface area (Å²) in [6.07, 6.45) is 0.757. The number of hydrogen-bond acceptors (Lipinski definition) is 4.